The van der Waals surface area contributed by atoms with E-state index < -0.39 is 65.3 Å². The number of nitro benzene ring substituents is 1. The molecule has 0 saturated heterocycles. The van der Waals surface area contributed by atoms with Crippen LogP contribution in [0.25, 0.3) is 64.7 Å². The summed E-state index contributed by atoms with van der Waals surface area (Å²) in [5.41, 5.74) is 1.33. The largest absolute Gasteiger partial charge is 0.277 e. The first-order valence-corrected chi connectivity index (χ1v) is 13.1. The third kappa shape index (κ3) is 4.25. The number of thiophene rings is 1. The van der Waals surface area contributed by atoms with Gasteiger partial charge in [0.2, 0.25) is 0 Å². The molecule has 7 rings (SSSR count). The van der Waals surface area contributed by atoms with Crippen molar-refractivity contribution in [1.29, 1.82) is 0 Å². The highest BCUT2D eigenvalue weighted by atomic mass is 32.1. The van der Waals surface area contributed by atoms with Gasteiger partial charge in [-0.3, -0.25) is 10.1 Å². The molecule has 1 aromatic heterocycles. The van der Waals surface area contributed by atoms with E-state index in [9.17, 15) is 10.1 Å². The van der Waals surface area contributed by atoms with Crippen LogP contribution < -0.4 is 0 Å². The molecule has 4 heteroatoms. The van der Waals surface area contributed by atoms with Gasteiger partial charge in [-0.1, -0.05) is 103 Å². The monoisotopic (exact) mass is 543 g/mol. The van der Waals surface area contributed by atoms with Crippen LogP contribution in [0.15, 0.2) is 139 Å². The summed E-state index contributed by atoms with van der Waals surface area (Å²) in [6.45, 7) is 0. The quantitative estimate of drug-likeness (QED) is 0.160. The summed E-state index contributed by atoms with van der Waals surface area (Å²) < 4.78 is 85.3. The fraction of sp³-hybridized carbons (Fsp3) is 0. The van der Waals surface area contributed by atoms with Crippen molar-refractivity contribution in [2.75, 3.05) is 0 Å². The number of rotatable bonds is 5. The highest BCUT2D eigenvalue weighted by Gasteiger charge is 2.20. The molecule has 0 spiro atoms. The second kappa shape index (κ2) is 9.92. The van der Waals surface area contributed by atoms with Crippen molar-refractivity contribution in [3.05, 3.63) is 149 Å². The lowest BCUT2D eigenvalue weighted by molar-refractivity contribution is -0.384. The van der Waals surface area contributed by atoms with Crippen molar-refractivity contribution in [2.45, 2.75) is 0 Å². The van der Waals surface area contributed by atoms with Crippen molar-refractivity contribution in [2.24, 2.45) is 0 Å². The minimum absolute atomic E-state index is 0.100. The normalized spacial score (nSPS) is 14.7. The molecule has 0 aliphatic carbocycles. The molecule has 0 saturated carbocycles. The lowest BCUT2D eigenvalue weighted by Gasteiger charge is -2.12. The summed E-state index contributed by atoms with van der Waals surface area (Å²) in [7, 11) is 0. The van der Waals surface area contributed by atoms with E-state index in [0.29, 0.717) is 22.3 Å². The molecule has 0 N–H and O–H groups in total. The van der Waals surface area contributed by atoms with Crippen molar-refractivity contribution in [3.8, 4) is 44.5 Å². The Kier molecular flexibility index (Phi) is 3.85. The maximum absolute atomic E-state index is 12.6. The van der Waals surface area contributed by atoms with Crippen LogP contribution in [-0.4, -0.2) is 4.92 Å². The number of fused-ring (bicyclic) bond motifs is 3. The molecule has 40 heavy (non-hydrogen) atoms. The van der Waals surface area contributed by atoms with Gasteiger partial charge in [0.1, 0.15) is 0 Å². The second-order valence-corrected chi connectivity index (χ2v) is 10.1. The van der Waals surface area contributed by atoms with Crippen molar-refractivity contribution in [3.63, 3.8) is 0 Å². The Bertz CT molecular complexity index is 2460. The van der Waals surface area contributed by atoms with Gasteiger partial charge in [0.15, 0.2) is 0 Å². The Labute approximate surface area is 249 Å². The van der Waals surface area contributed by atoms with Crippen molar-refractivity contribution >= 4 is 37.2 Å². The van der Waals surface area contributed by atoms with Gasteiger partial charge < -0.3 is 0 Å². The van der Waals surface area contributed by atoms with Gasteiger partial charge in [-0.15, -0.1) is 11.3 Å². The van der Waals surface area contributed by atoms with E-state index in [-0.39, 0.29) is 27.9 Å². The standard InChI is InChI=1S/C36H23NO2S/c38-37(39)34-23-26(18-19-30(34)32-15-9-16-33-31-14-7-8-17-35(31)40-36(32)33)29-21-27(24-10-3-1-4-11-24)20-28(22-29)25-12-5-2-6-13-25/h1-23H/i1D,2D,3D,4D,5D,6D,10D,11D,12D,13D. The summed E-state index contributed by atoms with van der Waals surface area (Å²) in [5.74, 6) is 0. The van der Waals surface area contributed by atoms with Crippen LogP contribution in [0.2, 0.25) is 0 Å². The predicted molar refractivity (Wildman–Crippen MR) is 168 cm³/mol. The van der Waals surface area contributed by atoms with Crippen LogP contribution in [0.5, 0.6) is 0 Å². The molecule has 1 heterocycles. The van der Waals surface area contributed by atoms with Gasteiger partial charge in [0, 0.05) is 31.8 Å². The average molecular weight is 544 g/mol. The van der Waals surface area contributed by atoms with Gasteiger partial charge in [0.05, 0.1) is 24.2 Å². The predicted octanol–water partition coefficient (Wildman–Crippen LogP) is 10.6. The van der Waals surface area contributed by atoms with E-state index in [1.807, 2.05) is 42.5 Å². The number of benzene rings is 6. The molecule has 0 fully saturated rings. The highest BCUT2D eigenvalue weighted by molar-refractivity contribution is 7.26. The molecule has 0 unspecified atom stereocenters. The molecule has 190 valence electrons. The van der Waals surface area contributed by atoms with Gasteiger partial charge in [-0.05, 0) is 63.7 Å². The number of nitrogens with zero attached hydrogens (tertiary/aromatic N) is 1. The maximum Gasteiger partial charge on any atom is 0.277 e. The van der Waals surface area contributed by atoms with Crippen LogP contribution in [0.3, 0.4) is 0 Å². The Morgan fingerprint density at radius 2 is 1.18 bits per heavy atom. The first-order valence-electron chi connectivity index (χ1n) is 17.3. The smallest absolute Gasteiger partial charge is 0.258 e. The second-order valence-electron chi connectivity index (χ2n) is 9.07. The Balaban J connectivity index is 1.50. The molecule has 0 amide bonds. The van der Waals surface area contributed by atoms with Crippen molar-refractivity contribution < 1.29 is 18.6 Å². The van der Waals surface area contributed by atoms with Gasteiger partial charge >= 0.3 is 0 Å². The summed E-state index contributed by atoms with van der Waals surface area (Å²) >= 11 is 1.53. The van der Waals surface area contributed by atoms with Gasteiger partial charge in [0.25, 0.3) is 5.69 Å². The minimum atomic E-state index is -0.592. The molecular weight excluding hydrogens is 510 g/mol. The van der Waals surface area contributed by atoms with Crippen LogP contribution >= 0.6 is 11.3 Å². The molecule has 0 bridgehead atoms. The molecule has 6 aromatic carbocycles. The SMILES string of the molecule is [2H]c1c([2H])c([2H])c(-c2cc(-c3ccc(-c4cccc5c4sc4ccccc45)c([N+](=O)[O-])c3)cc(-c3c([2H])c([2H])c([2H])c([2H])c3[2H])c2)c([2H])c1[2H]. The van der Waals surface area contributed by atoms with E-state index in [2.05, 4.69) is 0 Å². The zero-order valence-corrected chi connectivity index (χ0v) is 21.5. The molecule has 7 aromatic rings. The van der Waals surface area contributed by atoms with E-state index in [4.69, 9.17) is 13.7 Å². The summed E-state index contributed by atoms with van der Waals surface area (Å²) in [4.78, 5) is 12.2. The third-order valence-electron chi connectivity index (χ3n) is 6.73. The topological polar surface area (TPSA) is 43.1 Å². The van der Waals surface area contributed by atoms with Gasteiger partial charge in [-0.2, -0.15) is 0 Å². The first-order chi connectivity index (χ1) is 23.8. The molecule has 0 atom stereocenters. The summed E-state index contributed by atoms with van der Waals surface area (Å²) in [5, 5.41) is 14.7. The van der Waals surface area contributed by atoms with Crippen LogP contribution in [0.1, 0.15) is 13.7 Å². The zero-order valence-electron chi connectivity index (χ0n) is 30.7. The number of nitro groups is 1. The van der Waals surface area contributed by atoms with Crippen LogP contribution in [0, 0.1) is 10.1 Å². The lowest BCUT2D eigenvalue weighted by atomic mass is 9.92. The fourth-order valence-electron chi connectivity index (χ4n) is 4.92. The third-order valence-corrected chi connectivity index (χ3v) is 7.95. The first kappa shape index (κ1) is 15.5. The number of hydrogen-bond donors (Lipinski definition) is 0. The molecule has 0 aliphatic rings. The molecular formula is C36H23NO2S. The zero-order chi connectivity index (χ0) is 35.8. The highest BCUT2D eigenvalue weighted by Crippen LogP contribution is 2.43. The maximum atomic E-state index is 12.6. The van der Waals surface area contributed by atoms with Gasteiger partial charge in [-0.25, -0.2) is 0 Å². The molecule has 3 nitrogen and oxygen atoms in total. The van der Waals surface area contributed by atoms with E-state index in [1.165, 1.54) is 35.6 Å². The summed E-state index contributed by atoms with van der Waals surface area (Å²) in [6, 6.07) is 17.1. The number of hydrogen-bond acceptors (Lipinski definition) is 3. The Morgan fingerprint density at radius 1 is 0.575 bits per heavy atom. The van der Waals surface area contributed by atoms with Crippen LogP contribution in [0.4, 0.5) is 5.69 Å². The Hall–Kier alpha value is -5.06. The summed E-state index contributed by atoms with van der Waals surface area (Å²) in [6.07, 6.45) is 0. The van der Waals surface area contributed by atoms with Crippen molar-refractivity contribution in [1.82, 2.24) is 0 Å². The van der Waals surface area contributed by atoms with E-state index in [1.54, 1.807) is 12.1 Å². The average Bonchev–Trinajstić information content (AvgIpc) is 3.50. The lowest BCUT2D eigenvalue weighted by Crippen LogP contribution is -1.94. The Morgan fingerprint density at radius 3 is 1.82 bits per heavy atom. The minimum Gasteiger partial charge on any atom is -0.258 e. The van der Waals surface area contributed by atoms with E-state index >= 15 is 0 Å². The van der Waals surface area contributed by atoms with Crippen LogP contribution in [-0.2, 0) is 0 Å². The van der Waals surface area contributed by atoms with E-state index in [0.717, 1.165) is 20.2 Å². The fourth-order valence-corrected chi connectivity index (χ4v) is 6.15. The molecule has 0 radical (unpaired) electrons. The molecule has 0 aliphatic heterocycles.